The van der Waals surface area contributed by atoms with Crippen LogP contribution in [0.3, 0.4) is 0 Å². The molecule has 0 radical (unpaired) electrons. The number of aromatic nitrogens is 3. The van der Waals surface area contributed by atoms with Gasteiger partial charge in [-0.05, 0) is 24.6 Å². The van der Waals surface area contributed by atoms with Gasteiger partial charge in [-0.25, -0.2) is 27.2 Å². The number of thiazole rings is 1. The predicted octanol–water partition coefficient (Wildman–Crippen LogP) is 4.45. The first-order valence-corrected chi connectivity index (χ1v) is 13.8. The van der Waals surface area contributed by atoms with Crippen molar-refractivity contribution in [2.45, 2.75) is 32.0 Å². The number of alkyl halides is 2. The van der Waals surface area contributed by atoms with Gasteiger partial charge in [0.2, 0.25) is 10.0 Å². The summed E-state index contributed by atoms with van der Waals surface area (Å²) in [5.41, 5.74) is 2.06. The van der Waals surface area contributed by atoms with Crippen molar-refractivity contribution in [1.82, 2.24) is 24.4 Å². The molecule has 8 nitrogen and oxygen atoms in total. The first-order chi connectivity index (χ1) is 17.2. The highest BCUT2D eigenvalue weighted by Crippen LogP contribution is 2.46. The molecule has 5 rings (SSSR count). The Labute approximate surface area is 214 Å². The fraction of sp³-hybridized carbons (Fsp3) is 0.318. The minimum absolute atomic E-state index is 0.0855. The van der Waals surface area contributed by atoms with Crippen LogP contribution in [0.5, 0.6) is 0 Å². The van der Waals surface area contributed by atoms with E-state index in [1.807, 2.05) is 4.90 Å². The van der Waals surface area contributed by atoms with Crippen molar-refractivity contribution >= 4 is 44.4 Å². The summed E-state index contributed by atoms with van der Waals surface area (Å²) < 4.78 is 68.5. The molecule has 14 heteroatoms. The van der Waals surface area contributed by atoms with Crippen molar-refractivity contribution in [3.8, 4) is 0 Å². The predicted molar refractivity (Wildman–Crippen MR) is 131 cm³/mol. The molecular weight excluding hydrogens is 537 g/mol. The first-order valence-electron chi connectivity index (χ1n) is 10.9. The molecule has 4 heterocycles. The van der Waals surface area contributed by atoms with Gasteiger partial charge in [-0.15, -0.1) is 11.3 Å². The molecule has 0 saturated carbocycles. The molecular formula is C22H20ClF3N6O2S2. The number of hydrogen-bond donors (Lipinski definition) is 1. The smallest absolute Gasteiger partial charge is 0.326 e. The van der Waals surface area contributed by atoms with Crippen LogP contribution in [0.15, 0.2) is 52.9 Å². The van der Waals surface area contributed by atoms with Gasteiger partial charge in [-0.1, -0.05) is 17.7 Å². The molecule has 3 aromatic rings. The maximum absolute atomic E-state index is 13.9. The molecule has 0 bridgehead atoms. The van der Waals surface area contributed by atoms with Gasteiger partial charge in [-0.3, -0.25) is 4.99 Å². The lowest BCUT2D eigenvalue weighted by molar-refractivity contribution is 0.0566. The summed E-state index contributed by atoms with van der Waals surface area (Å²) in [4.78, 5) is 11.1. The van der Waals surface area contributed by atoms with Gasteiger partial charge in [0, 0.05) is 58.6 Å². The molecule has 2 atom stereocenters. The van der Waals surface area contributed by atoms with E-state index >= 15 is 0 Å². The molecule has 1 fully saturated rings. The molecule has 2 aliphatic rings. The molecule has 190 valence electrons. The lowest BCUT2D eigenvalue weighted by Gasteiger charge is -2.32. The zero-order valence-electron chi connectivity index (χ0n) is 18.8. The number of amidine groups is 1. The second kappa shape index (κ2) is 9.61. The van der Waals surface area contributed by atoms with E-state index in [-0.39, 0.29) is 23.7 Å². The molecule has 0 aliphatic carbocycles. The molecule has 1 aromatic carbocycles. The summed E-state index contributed by atoms with van der Waals surface area (Å²) in [6.07, 6.45) is 4.42. The van der Waals surface area contributed by atoms with E-state index < -0.39 is 34.5 Å². The lowest BCUT2D eigenvalue weighted by atomic mass is 9.91. The number of halogens is 4. The van der Waals surface area contributed by atoms with Crippen LogP contribution >= 0.6 is 22.9 Å². The van der Waals surface area contributed by atoms with E-state index in [1.54, 1.807) is 18.5 Å². The van der Waals surface area contributed by atoms with Gasteiger partial charge in [0.15, 0.2) is 10.8 Å². The van der Waals surface area contributed by atoms with E-state index in [0.29, 0.717) is 37.9 Å². The van der Waals surface area contributed by atoms with Crippen LogP contribution in [-0.2, 0) is 10.0 Å². The molecule has 0 unspecified atom stereocenters. The Morgan fingerprint density at radius 1 is 1.33 bits per heavy atom. The summed E-state index contributed by atoms with van der Waals surface area (Å²) in [5.74, 6) is -0.119. The Balaban J connectivity index is 1.71. The van der Waals surface area contributed by atoms with Gasteiger partial charge < -0.3 is 4.90 Å². The SMILES string of the molecule is CCS(=O)(=O)N[C@H]1CC2=C(c3cnn(C(F)F)c3)[C@H](c3ccc(F)cc3Cl)N=C(c3nccs3)N2C1. The third-order valence-electron chi connectivity index (χ3n) is 5.98. The van der Waals surface area contributed by atoms with E-state index in [9.17, 15) is 21.6 Å². The Hall–Kier alpha value is -2.74. The van der Waals surface area contributed by atoms with Crippen LogP contribution in [-0.4, -0.2) is 52.3 Å². The van der Waals surface area contributed by atoms with Crippen LogP contribution < -0.4 is 4.72 Å². The molecule has 0 amide bonds. The Morgan fingerprint density at radius 3 is 2.78 bits per heavy atom. The number of nitrogens with zero attached hydrogens (tertiary/aromatic N) is 5. The molecule has 36 heavy (non-hydrogen) atoms. The van der Waals surface area contributed by atoms with E-state index in [1.165, 1.54) is 41.9 Å². The van der Waals surface area contributed by atoms with Crippen molar-refractivity contribution < 1.29 is 21.6 Å². The van der Waals surface area contributed by atoms with Crippen LogP contribution in [0.4, 0.5) is 13.2 Å². The number of fused-ring (bicyclic) bond motifs is 1. The fourth-order valence-electron chi connectivity index (χ4n) is 4.40. The van der Waals surface area contributed by atoms with E-state index in [0.717, 1.165) is 0 Å². The van der Waals surface area contributed by atoms with E-state index in [2.05, 4.69) is 14.8 Å². The highest BCUT2D eigenvalue weighted by atomic mass is 35.5. The zero-order valence-corrected chi connectivity index (χ0v) is 21.2. The third kappa shape index (κ3) is 4.67. The van der Waals surface area contributed by atoms with Crippen molar-refractivity contribution in [3.63, 3.8) is 0 Å². The van der Waals surface area contributed by atoms with Gasteiger partial charge in [-0.2, -0.15) is 13.9 Å². The molecule has 1 saturated heterocycles. The molecule has 0 spiro atoms. The van der Waals surface area contributed by atoms with Gasteiger partial charge in [0.05, 0.1) is 11.9 Å². The Kier molecular flexibility index (Phi) is 6.66. The highest BCUT2D eigenvalue weighted by molar-refractivity contribution is 7.89. The minimum atomic E-state index is -3.51. The van der Waals surface area contributed by atoms with E-state index in [4.69, 9.17) is 16.6 Å². The van der Waals surface area contributed by atoms with Crippen LogP contribution in [0.1, 0.15) is 42.1 Å². The van der Waals surface area contributed by atoms with Crippen LogP contribution in [0.25, 0.3) is 5.57 Å². The fourth-order valence-corrected chi connectivity index (χ4v) is 6.14. The zero-order chi connectivity index (χ0) is 25.6. The van der Waals surface area contributed by atoms with Crippen molar-refractivity contribution in [3.05, 3.63) is 74.8 Å². The third-order valence-corrected chi connectivity index (χ3v) is 8.53. The number of hydrogen-bond acceptors (Lipinski definition) is 7. The normalized spacial score (nSPS) is 20.3. The highest BCUT2D eigenvalue weighted by Gasteiger charge is 2.41. The van der Waals surface area contributed by atoms with Crippen LogP contribution in [0.2, 0.25) is 5.02 Å². The Morgan fingerprint density at radius 2 is 2.14 bits per heavy atom. The van der Waals surface area contributed by atoms with Crippen molar-refractivity contribution in [1.29, 1.82) is 0 Å². The quantitative estimate of drug-likeness (QED) is 0.464. The monoisotopic (exact) mass is 556 g/mol. The number of sulfonamides is 1. The van der Waals surface area contributed by atoms with Gasteiger partial charge in [0.1, 0.15) is 11.9 Å². The molecule has 2 aromatic heterocycles. The van der Waals surface area contributed by atoms with Crippen molar-refractivity contribution in [2.75, 3.05) is 12.3 Å². The topological polar surface area (TPSA) is 92.5 Å². The largest absolute Gasteiger partial charge is 0.333 e. The summed E-state index contributed by atoms with van der Waals surface area (Å²) in [6, 6.07) is 2.65. The minimum Gasteiger partial charge on any atom is -0.326 e. The molecule has 2 aliphatic heterocycles. The number of benzene rings is 1. The summed E-state index contributed by atoms with van der Waals surface area (Å²) in [5, 5.41) is 6.29. The summed E-state index contributed by atoms with van der Waals surface area (Å²) in [6.45, 7) is -1.04. The van der Waals surface area contributed by atoms with Crippen molar-refractivity contribution in [2.24, 2.45) is 4.99 Å². The summed E-state index contributed by atoms with van der Waals surface area (Å²) >= 11 is 7.78. The maximum atomic E-state index is 13.9. The standard InChI is InChI=1S/C22H20ClF3N6O2S2/c1-2-36(33,34)30-14-8-17-18(12-9-28-32(10-12)22(25)26)19(15-4-3-13(24)7-16(15)23)29-20(31(17)11-14)21-27-5-6-35-21/h3-7,9-10,14,19,22,30H,2,8,11H2,1H3/t14-,19-/m0/s1. The Bertz CT molecular complexity index is 1460. The van der Waals surface area contributed by atoms with Gasteiger partial charge >= 0.3 is 6.55 Å². The number of aliphatic imine (C=N–C) groups is 1. The average Bonchev–Trinajstić information content (AvgIpc) is 3.58. The number of nitrogens with one attached hydrogen (secondary N) is 1. The maximum Gasteiger partial charge on any atom is 0.333 e. The lowest BCUT2D eigenvalue weighted by Crippen LogP contribution is -2.39. The summed E-state index contributed by atoms with van der Waals surface area (Å²) in [7, 11) is -3.51. The number of rotatable bonds is 7. The van der Waals surface area contributed by atoms with Gasteiger partial charge in [0.25, 0.3) is 0 Å². The second-order valence-corrected chi connectivity index (χ2v) is 11.6. The first kappa shape index (κ1) is 24.9. The average molecular weight is 557 g/mol. The second-order valence-electron chi connectivity index (χ2n) is 8.24. The molecule has 1 N–H and O–H groups in total. The van der Waals surface area contributed by atoms with Crippen LogP contribution in [0, 0.1) is 5.82 Å².